The number of hydrogen-bond acceptors (Lipinski definition) is 3. The van der Waals surface area contributed by atoms with E-state index in [-0.39, 0.29) is 5.91 Å². The van der Waals surface area contributed by atoms with Gasteiger partial charge in [-0.3, -0.25) is 4.79 Å². The molecule has 0 bridgehead atoms. The molecule has 0 fully saturated rings. The third-order valence-corrected chi connectivity index (χ3v) is 6.42. The van der Waals surface area contributed by atoms with E-state index >= 15 is 0 Å². The number of carbonyl (C=O) groups is 2. The first-order valence-corrected chi connectivity index (χ1v) is 12.1. The van der Waals surface area contributed by atoms with Crippen LogP contribution in [0.25, 0.3) is 11.1 Å². The van der Waals surface area contributed by atoms with Gasteiger partial charge in [-0.05, 0) is 93.6 Å². The molecule has 1 heterocycles. The molecule has 5 nitrogen and oxygen atoms in total. The largest absolute Gasteiger partial charge is 0.479 e. The van der Waals surface area contributed by atoms with Crippen molar-refractivity contribution >= 4 is 29.2 Å². The zero-order valence-corrected chi connectivity index (χ0v) is 21.4. The SMILES string of the molecule is Cc1ccc(-c2c3c(cc(C)c2[C@H](OC(C)(C)C)C(=O)O)N(C(=O)c2ccc(Cl)cc2)CC3)cc1. The minimum Gasteiger partial charge on any atom is -0.479 e. The van der Waals surface area contributed by atoms with E-state index in [2.05, 4.69) is 0 Å². The van der Waals surface area contributed by atoms with Gasteiger partial charge in [0.25, 0.3) is 5.91 Å². The molecule has 182 valence electrons. The Morgan fingerprint density at radius 1 is 1.03 bits per heavy atom. The number of halogens is 1. The van der Waals surface area contributed by atoms with E-state index in [1.165, 1.54) is 0 Å². The van der Waals surface area contributed by atoms with Crippen LogP contribution in [0.15, 0.2) is 54.6 Å². The Hall–Kier alpha value is -3.15. The van der Waals surface area contributed by atoms with E-state index in [0.717, 1.165) is 33.5 Å². The van der Waals surface area contributed by atoms with Gasteiger partial charge in [-0.15, -0.1) is 0 Å². The van der Waals surface area contributed by atoms with Crippen molar-refractivity contribution in [3.63, 3.8) is 0 Å². The van der Waals surface area contributed by atoms with Crippen LogP contribution in [-0.2, 0) is 16.0 Å². The number of nitrogens with zero attached hydrogens (tertiary/aromatic N) is 1. The molecule has 1 aliphatic heterocycles. The van der Waals surface area contributed by atoms with Gasteiger partial charge in [-0.1, -0.05) is 41.4 Å². The lowest BCUT2D eigenvalue weighted by Crippen LogP contribution is -2.29. The van der Waals surface area contributed by atoms with Gasteiger partial charge >= 0.3 is 5.97 Å². The van der Waals surface area contributed by atoms with Gasteiger partial charge in [-0.25, -0.2) is 4.79 Å². The summed E-state index contributed by atoms with van der Waals surface area (Å²) in [6.45, 7) is 9.96. The van der Waals surface area contributed by atoms with Crippen LogP contribution in [0.4, 0.5) is 5.69 Å². The molecule has 0 aromatic heterocycles. The van der Waals surface area contributed by atoms with Crippen LogP contribution in [-0.4, -0.2) is 29.1 Å². The van der Waals surface area contributed by atoms with Gasteiger partial charge in [-0.2, -0.15) is 0 Å². The number of hydrogen-bond donors (Lipinski definition) is 1. The number of rotatable bonds is 5. The fourth-order valence-electron chi connectivity index (χ4n) is 4.63. The lowest BCUT2D eigenvalue weighted by molar-refractivity contribution is -0.160. The fourth-order valence-corrected chi connectivity index (χ4v) is 4.76. The Bertz CT molecular complexity index is 1270. The molecule has 3 aromatic carbocycles. The summed E-state index contributed by atoms with van der Waals surface area (Å²) in [4.78, 5) is 27.6. The number of anilines is 1. The molecule has 1 atom stereocenters. The first-order chi connectivity index (χ1) is 16.5. The van der Waals surface area contributed by atoms with Gasteiger partial charge in [0.1, 0.15) is 0 Å². The number of carboxylic acid groups (broad SMARTS) is 1. The number of fused-ring (bicyclic) bond motifs is 1. The van der Waals surface area contributed by atoms with Crippen molar-refractivity contribution < 1.29 is 19.4 Å². The standard InChI is InChI=1S/C29H30ClNO4/c1-17-6-8-19(9-7-17)25-22-14-15-31(27(32)20-10-12-21(30)13-11-20)23(22)16-18(2)24(25)26(28(33)34)35-29(3,4)5/h6-13,16,26H,14-15H2,1-5H3,(H,33,34)/t26-/m0/s1. The Balaban J connectivity index is 1.92. The monoisotopic (exact) mass is 491 g/mol. The summed E-state index contributed by atoms with van der Waals surface area (Å²) in [6.07, 6.45) is -0.523. The van der Waals surface area contributed by atoms with Gasteiger partial charge in [0.2, 0.25) is 0 Å². The van der Waals surface area contributed by atoms with Crippen molar-refractivity contribution in [2.24, 2.45) is 0 Å². The van der Waals surface area contributed by atoms with Crippen LogP contribution in [0.2, 0.25) is 5.02 Å². The van der Waals surface area contributed by atoms with E-state index in [1.807, 2.05) is 65.0 Å². The van der Waals surface area contributed by atoms with Crippen LogP contribution in [0.3, 0.4) is 0 Å². The predicted octanol–water partition coefficient (Wildman–Crippen LogP) is 6.77. The summed E-state index contributed by atoms with van der Waals surface area (Å²) >= 11 is 6.01. The third kappa shape index (κ3) is 5.12. The first-order valence-electron chi connectivity index (χ1n) is 11.7. The summed E-state index contributed by atoms with van der Waals surface area (Å²) in [5.41, 5.74) is 5.93. The highest BCUT2D eigenvalue weighted by molar-refractivity contribution is 6.30. The fraction of sp³-hybridized carbons (Fsp3) is 0.310. The minimum absolute atomic E-state index is 0.108. The normalized spacial score (nSPS) is 14.1. The molecule has 35 heavy (non-hydrogen) atoms. The molecule has 0 aliphatic carbocycles. The average molecular weight is 492 g/mol. The Morgan fingerprint density at radius 3 is 2.23 bits per heavy atom. The molecule has 1 amide bonds. The number of carbonyl (C=O) groups excluding carboxylic acids is 1. The summed E-state index contributed by atoms with van der Waals surface area (Å²) < 4.78 is 6.07. The van der Waals surface area contributed by atoms with Crippen LogP contribution < -0.4 is 4.90 Å². The first kappa shape index (κ1) is 25.0. The number of aryl methyl sites for hydroxylation is 2. The molecule has 1 aliphatic rings. The summed E-state index contributed by atoms with van der Waals surface area (Å²) in [5.74, 6) is -1.15. The quantitative estimate of drug-likeness (QED) is 0.427. The number of benzene rings is 3. The van der Waals surface area contributed by atoms with E-state index in [9.17, 15) is 14.7 Å². The zero-order chi connectivity index (χ0) is 25.5. The van der Waals surface area contributed by atoms with Gasteiger partial charge in [0.05, 0.1) is 5.60 Å². The van der Waals surface area contributed by atoms with Gasteiger partial charge in [0.15, 0.2) is 6.10 Å². The number of ether oxygens (including phenoxy) is 1. The molecular formula is C29H30ClNO4. The second-order valence-corrected chi connectivity index (χ2v) is 10.4. The lowest BCUT2D eigenvalue weighted by atomic mass is 9.86. The lowest BCUT2D eigenvalue weighted by Gasteiger charge is -2.29. The molecule has 0 radical (unpaired) electrons. The Labute approximate surface area is 211 Å². The van der Waals surface area contributed by atoms with Crippen LogP contribution >= 0.6 is 11.6 Å². The van der Waals surface area contributed by atoms with E-state index < -0.39 is 17.7 Å². The third-order valence-electron chi connectivity index (χ3n) is 6.17. The summed E-state index contributed by atoms with van der Waals surface area (Å²) in [6, 6.07) is 16.8. The smallest absolute Gasteiger partial charge is 0.337 e. The molecule has 4 rings (SSSR count). The molecule has 0 spiro atoms. The van der Waals surface area contributed by atoms with Crippen molar-refractivity contribution in [1.82, 2.24) is 0 Å². The number of aliphatic carboxylic acids is 1. The Kier molecular flexibility index (Phi) is 6.76. The minimum atomic E-state index is -1.14. The van der Waals surface area contributed by atoms with Crippen molar-refractivity contribution in [3.05, 3.63) is 87.4 Å². The van der Waals surface area contributed by atoms with Crippen LogP contribution in [0.5, 0.6) is 0 Å². The van der Waals surface area contributed by atoms with Crippen molar-refractivity contribution in [2.45, 2.75) is 52.7 Å². The van der Waals surface area contributed by atoms with E-state index in [4.69, 9.17) is 16.3 Å². The average Bonchev–Trinajstić information content (AvgIpc) is 3.20. The maximum Gasteiger partial charge on any atom is 0.337 e. The maximum absolute atomic E-state index is 13.4. The molecule has 0 saturated heterocycles. The summed E-state index contributed by atoms with van der Waals surface area (Å²) in [7, 11) is 0. The predicted molar refractivity (Wildman–Crippen MR) is 139 cm³/mol. The molecule has 6 heteroatoms. The maximum atomic E-state index is 13.4. The van der Waals surface area contributed by atoms with E-state index in [0.29, 0.717) is 29.1 Å². The topological polar surface area (TPSA) is 66.8 Å². The van der Waals surface area contributed by atoms with Crippen LogP contribution in [0, 0.1) is 13.8 Å². The second kappa shape index (κ2) is 9.48. The van der Waals surface area contributed by atoms with Crippen molar-refractivity contribution in [1.29, 1.82) is 0 Å². The van der Waals surface area contributed by atoms with Gasteiger partial charge < -0.3 is 14.7 Å². The number of carboxylic acids is 1. The number of amides is 1. The highest BCUT2D eigenvalue weighted by Crippen LogP contribution is 2.44. The second-order valence-electron chi connectivity index (χ2n) is 10.0. The van der Waals surface area contributed by atoms with Crippen LogP contribution in [0.1, 0.15) is 59.5 Å². The molecule has 1 N–H and O–H groups in total. The summed E-state index contributed by atoms with van der Waals surface area (Å²) in [5, 5.41) is 10.8. The molecule has 3 aromatic rings. The molecule has 0 unspecified atom stereocenters. The van der Waals surface area contributed by atoms with Crippen molar-refractivity contribution in [3.8, 4) is 11.1 Å². The van der Waals surface area contributed by atoms with Gasteiger partial charge in [0, 0.05) is 28.4 Å². The molecule has 0 saturated carbocycles. The molecular weight excluding hydrogens is 462 g/mol. The van der Waals surface area contributed by atoms with Crippen molar-refractivity contribution in [2.75, 3.05) is 11.4 Å². The highest BCUT2D eigenvalue weighted by atomic mass is 35.5. The zero-order valence-electron chi connectivity index (χ0n) is 20.7. The Morgan fingerprint density at radius 2 is 1.66 bits per heavy atom. The highest BCUT2D eigenvalue weighted by Gasteiger charge is 2.36. The van der Waals surface area contributed by atoms with E-state index in [1.54, 1.807) is 29.2 Å².